The highest BCUT2D eigenvalue weighted by molar-refractivity contribution is 5.99. The Morgan fingerprint density at radius 1 is 0.500 bits per heavy atom. The Morgan fingerprint density at radius 3 is 1.43 bits per heavy atom. The van der Waals surface area contributed by atoms with Gasteiger partial charge in [-0.1, -0.05) is 109 Å². The summed E-state index contributed by atoms with van der Waals surface area (Å²) in [5, 5.41) is 23.0. The van der Waals surface area contributed by atoms with E-state index in [-0.39, 0.29) is 62.2 Å². The first-order chi connectivity index (χ1) is 38.8. The summed E-state index contributed by atoms with van der Waals surface area (Å²) in [6.07, 6.45) is 2.82. The SMILES string of the molecule is C/C=C/C[C@@H](C)[C@@H](O)C1C(=O)N[C@@H](CC)C(=O)N(C)CC(=O)N(C)[C@@H](CC(C)C)C(=O)N[C@@H](C(C)C)C(=O)N(C)[C@@H](CC(C)C)C(=O)N[C@@H](C)C(=O)N[C@H](C)C(=O)N(C)[C@@H](CC(C)C)C(=O)N(C)[C@@H](CC(C)C)C(=O)C[C@@H](C(C)C)C(=O)N1C. The minimum Gasteiger partial charge on any atom is -0.390 e. The molecule has 480 valence electrons. The van der Waals surface area contributed by atoms with Gasteiger partial charge in [-0.05, 0) is 101 Å². The first kappa shape index (κ1) is 76.1. The van der Waals surface area contributed by atoms with Crippen molar-refractivity contribution in [3.8, 4) is 0 Å². The van der Waals surface area contributed by atoms with E-state index in [4.69, 9.17) is 0 Å². The quantitative estimate of drug-likeness (QED) is 0.146. The zero-order chi connectivity index (χ0) is 65.1. The Bertz CT molecular complexity index is 2290. The third-order valence-electron chi connectivity index (χ3n) is 16.1. The minimum absolute atomic E-state index is 0.0340. The lowest BCUT2D eigenvalue weighted by Gasteiger charge is -2.38. The zero-order valence-electron chi connectivity index (χ0n) is 55.3. The predicted molar refractivity (Wildman–Crippen MR) is 325 cm³/mol. The van der Waals surface area contributed by atoms with Crippen LogP contribution in [0.5, 0.6) is 0 Å². The lowest BCUT2D eigenvalue weighted by atomic mass is 9.84. The average molecular weight is 1190 g/mol. The van der Waals surface area contributed by atoms with Crippen molar-refractivity contribution in [2.75, 3.05) is 48.8 Å². The van der Waals surface area contributed by atoms with Crippen LogP contribution in [0.25, 0.3) is 0 Å². The number of rotatable bonds is 15. The Labute approximate surface area is 503 Å². The van der Waals surface area contributed by atoms with Crippen molar-refractivity contribution in [3.63, 3.8) is 0 Å². The van der Waals surface area contributed by atoms with Gasteiger partial charge in [-0.2, -0.15) is 0 Å². The van der Waals surface area contributed by atoms with Gasteiger partial charge in [-0.15, -0.1) is 0 Å². The number of allylic oxidation sites excluding steroid dienone is 2. The van der Waals surface area contributed by atoms with E-state index in [1.165, 1.54) is 75.7 Å². The van der Waals surface area contributed by atoms with E-state index in [1.54, 1.807) is 54.5 Å². The summed E-state index contributed by atoms with van der Waals surface area (Å²) < 4.78 is 0. The first-order valence-corrected chi connectivity index (χ1v) is 30.4. The Hall–Kier alpha value is -5.93. The van der Waals surface area contributed by atoms with Crippen LogP contribution in [-0.2, 0) is 52.7 Å². The van der Waals surface area contributed by atoms with Crippen LogP contribution in [0.4, 0.5) is 0 Å². The number of likely N-dealkylation sites (N-methyl/N-ethyl adjacent to an activating group) is 6. The van der Waals surface area contributed by atoms with Gasteiger partial charge in [0.15, 0.2) is 5.78 Å². The summed E-state index contributed by atoms with van der Waals surface area (Å²) in [5.74, 6) is -10.2. The lowest BCUT2D eigenvalue weighted by Crippen LogP contribution is -2.61. The van der Waals surface area contributed by atoms with Gasteiger partial charge in [0, 0.05) is 54.6 Å². The van der Waals surface area contributed by atoms with E-state index in [2.05, 4.69) is 21.3 Å². The third kappa shape index (κ3) is 21.9. The van der Waals surface area contributed by atoms with Gasteiger partial charge in [-0.3, -0.25) is 52.7 Å². The number of nitrogens with one attached hydrogen (secondary N) is 4. The van der Waals surface area contributed by atoms with Crippen molar-refractivity contribution in [3.05, 3.63) is 12.2 Å². The molecule has 0 bridgehead atoms. The average Bonchev–Trinajstić information content (AvgIpc) is 3.62. The first-order valence-electron chi connectivity index (χ1n) is 30.4. The van der Waals surface area contributed by atoms with Crippen LogP contribution in [0.2, 0.25) is 0 Å². The van der Waals surface area contributed by atoms with Crippen LogP contribution in [-0.4, -0.2) is 209 Å². The molecule has 5 N–H and O–H groups in total. The highest BCUT2D eigenvalue weighted by Crippen LogP contribution is 2.27. The van der Waals surface area contributed by atoms with Crippen molar-refractivity contribution < 1.29 is 57.8 Å². The maximum atomic E-state index is 15.0. The van der Waals surface area contributed by atoms with Crippen LogP contribution in [0.15, 0.2) is 12.2 Å². The molecule has 0 aromatic carbocycles. The Balaban J connectivity index is 4.26. The molecule has 0 aromatic rings. The minimum atomic E-state index is -1.57. The Morgan fingerprint density at radius 2 is 0.952 bits per heavy atom. The number of aliphatic hydroxyl groups excluding tert-OH is 1. The van der Waals surface area contributed by atoms with Gasteiger partial charge >= 0.3 is 0 Å². The number of hydrogen-bond donors (Lipinski definition) is 5. The molecule has 0 saturated carbocycles. The normalized spacial score (nSPS) is 27.0. The molecule has 0 radical (unpaired) electrons. The Kier molecular flexibility index (Phi) is 31.6. The molecule has 1 aliphatic heterocycles. The van der Waals surface area contributed by atoms with Crippen LogP contribution in [0.1, 0.15) is 163 Å². The van der Waals surface area contributed by atoms with Crippen molar-refractivity contribution in [1.29, 1.82) is 0 Å². The van der Waals surface area contributed by atoms with Crippen molar-refractivity contribution in [2.45, 2.75) is 223 Å². The maximum Gasteiger partial charge on any atom is 0.246 e. The zero-order valence-corrected chi connectivity index (χ0v) is 55.3. The molecule has 1 fully saturated rings. The van der Waals surface area contributed by atoms with Gasteiger partial charge in [0.25, 0.3) is 0 Å². The molecule has 0 aliphatic carbocycles. The molecule has 12 atom stereocenters. The number of ketones is 1. The lowest BCUT2D eigenvalue weighted by molar-refractivity contribution is -0.152. The summed E-state index contributed by atoms with van der Waals surface area (Å²) in [6.45, 7) is 29.5. The van der Waals surface area contributed by atoms with Crippen LogP contribution >= 0.6 is 0 Å². The van der Waals surface area contributed by atoms with Crippen LogP contribution in [0, 0.1) is 47.3 Å². The van der Waals surface area contributed by atoms with Crippen molar-refractivity contribution in [1.82, 2.24) is 50.7 Å². The monoisotopic (exact) mass is 1190 g/mol. The van der Waals surface area contributed by atoms with Crippen LogP contribution < -0.4 is 21.3 Å². The topological polar surface area (TPSA) is 276 Å². The van der Waals surface area contributed by atoms with Gasteiger partial charge in [-0.25, -0.2) is 0 Å². The summed E-state index contributed by atoms with van der Waals surface area (Å²) in [6, 6.07) is -10.9. The molecule has 1 aliphatic rings. The molecule has 0 spiro atoms. The summed E-state index contributed by atoms with van der Waals surface area (Å²) in [7, 11) is 8.53. The van der Waals surface area contributed by atoms with Crippen molar-refractivity contribution >= 4 is 64.9 Å². The molecule has 0 aromatic heterocycles. The van der Waals surface area contributed by atoms with Gasteiger partial charge < -0.3 is 55.8 Å². The second kappa shape index (κ2) is 34.9. The molecule has 22 heteroatoms. The second-order valence-corrected chi connectivity index (χ2v) is 26.0. The summed E-state index contributed by atoms with van der Waals surface area (Å²) in [4.78, 5) is 167. The molecule has 22 nitrogen and oxygen atoms in total. The van der Waals surface area contributed by atoms with Gasteiger partial charge in [0.2, 0.25) is 59.1 Å². The molecule has 1 unspecified atom stereocenters. The molecule has 1 saturated heterocycles. The molecule has 84 heavy (non-hydrogen) atoms. The second-order valence-electron chi connectivity index (χ2n) is 26.0. The summed E-state index contributed by atoms with van der Waals surface area (Å²) >= 11 is 0. The number of carbonyl (C=O) groups excluding carboxylic acids is 11. The summed E-state index contributed by atoms with van der Waals surface area (Å²) in [5.41, 5.74) is 0. The number of amides is 10. The molecule has 1 heterocycles. The van der Waals surface area contributed by atoms with E-state index in [1.807, 2.05) is 61.5 Å². The predicted octanol–water partition coefficient (Wildman–Crippen LogP) is 4.02. The fraction of sp³-hybridized carbons (Fsp3) is 0.790. The van der Waals surface area contributed by atoms with E-state index >= 15 is 0 Å². The van der Waals surface area contributed by atoms with Gasteiger partial charge in [0.1, 0.15) is 48.3 Å². The van der Waals surface area contributed by atoms with Crippen molar-refractivity contribution in [2.24, 2.45) is 47.3 Å². The fourth-order valence-corrected chi connectivity index (χ4v) is 10.5. The highest BCUT2D eigenvalue weighted by atomic mass is 16.3. The van der Waals surface area contributed by atoms with E-state index < -0.39 is 156 Å². The fourth-order valence-electron chi connectivity index (χ4n) is 10.5. The van der Waals surface area contributed by atoms with Crippen LogP contribution in [0.3, 0.4) is 0 Å². The van der Waals surface area contributed by atoms with E-state index in [9.17, 15) is 57.8 Å². The third-order valence-corrected chi connectivity index (χ3v) is 16.1. The molecular weight excluding hydrogens is 1080 g/mol. The number of nitrogens with zero attached hydrogens (tertiary/aromatic N) is 6. The van der Waals surface area contributed by atoms with Gasteiger partial charge in [0.05, 0.1) is 18.7 Å². The number of aliphatic hydroxyl groups is 1. The van der Waals surface area contributed by atoms with E-state index in [0.717, 1.165) is 9.80 Å². The largest absolute Gasteiger partial charge is 0.390 e. The van der Waals surface area contributed by atoms with E-state index in [0.29, 0.717) is 6.42 Å². The highest BCUT2D eigenvalue weighted by Gasteiger charge is 2.44. The maximum absolute atomic E-state index is 15.0. The molecule has 1 rings (SSSR count). The molecular formula is C62H110N10O12. The standard InChI is InChI=1S/C62H110N10O12/c1-24-26-27-40(15)53(75)52-57(79)65-44(25-2)60(82)67(18)33-50(74)68(19)46(29-35(5)6)56(78)66-51(39(13)14)62(84)70(21)47(30-36(7)8)55(77)63-41(16)54(76)64-42(17)58(80)71(22)48(31-37(9)10)61(83)69(20)45(28-34(3)4)49(73)32-43(38(11)12)59(81)72(52)23/h24,26,34-48,51-53,75H,25,27-33H2,1-23H3,(H,63,77)(H,64,76)(H,65,79)(H,66,78)/b26-24+/t40-,41+,42-,43+,44+,45+,46+,47+,48+,51+,52?,53-/m1/s1. The number of carbonyl (C=O) groups is 11. The number of hydrogen-bond acceptors (Lipinski definition) is 12. The smallest absolute Gasteiger partial charge is 0.246 e. The molecule has 10 amide bonds. The number of Topliss-reactive ketones (excluding diaryl/α,β-unsaturated/α-hetero) is 1.